The molecular weight excluding hydrogens is 282 g/mol. The second kappa shape index (κ2) is 8.14. The monoisotopic (exact) mass is 299 g/mol. The minimum atomic E-state index is -0.877. The Morgan fingerprint density at radius 2 is 2.11 bits per heavy atom. The van der Waals surface area contributed by atoms with E-state index in [1.807, 2.05) is 37.3 Å². The number of carbonyl (C=O) groups is 1. The third-order valence-corrected chi connectivity index (χ3v) is 3.63. The second-order valence-corrected chi connectivity index (χ2v) is 5.62. The Hall–Kier alpha value is -1.11. The van der Waals surface area contributed by atoms with Gasteiger partial charge in [-0.2, -0.15) is 0 Å². The van der Waals surface area contributed by atoms with Crippen molar-refractivity contribution < 1.29 is 14.6 Å². The Kier molecular flexibility index (Phi) is 6.83. The normalized spacial score (nSPS) is 12.2. The number of carboxylic acids is 1. The van der Waals surface area contributed by atoms with Crippen LogP contribution in [0.1, 0.15) is 12.5 Å². The molecule has 19 heavy (non-hydrogen) atoms. The van der Waals surface area contributed by atoms with Crippen molar-refractivity contribution in [2.24, 2.45) is 0 Å². The largest absolute Gasteiger partial charge is 0.480 e. The highest BCUT2D eigenvalue weighted by atomic mass is 32.2. The average Bonchev–Trinajstić information content (AvgIpc) is 2.36. The van der Waals surface area contributed by atoms with Gasteiger partial charge in [0.15, 0.2) is 0 Å². The van der Waals surface area contributed by atoms with Gasteiger partial charge >= 0.3 is 5.97 Å². The van der Waals surface area contributed by atoms with Crippen LogP contribution >= 0.6 is 24.2 Å². The summed E-state index contributed by atoms with van der Waals surface area (Å²) in [7, 11) is 1.71. The fraction of sp³-hybridized carbons (Fsp3) is 0.385. The number of hydrogen-bond acceptors (Lipinski definition) is 5. The van der Waals surface area contributed by atoms with E-state index in [0.717, 1.165) is 17.5 Å². The maximum absolute atomic E-state index is 11.3. The Bertz CT molecular complexity index is 425. The molecule has 1 atom stereocenters. The summed E-state index contributed by atoms with van der Waals surface area (Å²) in [5.74, 6) is -0.877. The quantitative estimate of drug-likeness (QED) is 0.643. The lowest BCUT2D eigenvalue weighted by atomic mass is 10.1. The van der Waals surface area contributed by atoms with E-state index in [1.54, 1.807) is 11.4 Å². The molecule has 6 heteroatoms. The molecule has 1 aromatic rings. The van der Waals surface area contributed by atoms with Gasteiger partial charge in [-0.1, -0.05) is 30.3 Å². The molecule has 0 aliphatic rings. The number of likely N-dealkylation sites (N-methyl/N-ethyl adjacent to an activating group) is 1. The van der Waals surface area contributed by atoms with Crippen LogP contribution in [0, 0.1) is 0 Å². The lowest BCUT2D eigenvalue weighted by Gasteiger charge is -2.23. The van der Waals surface area contributed by atoms with Gasteiger partial charge in [-0.05, 0) is 38.2 Å². The number of thiocarbonyl (C=S) groups is 1. The van der Waals surface area contributed by atoms with Crippen molar-refractivity contribution in [1.29, 1.82) is 0 Å². The van der Waals surface area contributed by atoms with E-state index in [4.69, 9.17) is 17.0 Å². The van der Waals surface area contributed by atoms with Gasteiger partial charge in [0, 0.05) is 11.9 Å². The van der Waals surface area contributed by atoms with Crippen LogP contribution in [0.15, 0.2) is 30.3 Å². The summed E-state index contributed by atoms with van der Waals surface area (Å²) in [6, 6.07) is 8.87. The van der Waals surface area contributed by atoms with Crippen molar-refractivity contribution in [3.63, 3.8) is 0 Å². The number of carboxylic acid groups (broad SMARTS) is 1. The van der Waals surface area contributed by atoms with Crippen molar-refractivity contribution >= 4 is 34.5 Å². The Morgan fingerprint density at radius 3 is 2.63 bits per heavy atom. The molecule has 1 aromatic carbocycles. The highest BCUT2D eigenvalue weighted by molar-refractivity contribution is 8.21. The predicted molar refractivity (Wildman–Crippen MR) is 81.1 cm³/mol. The highest BCUT2D eigenvalue weighted by Gasteiger charge is 2.24. The van der Waals surface area contributed by atoms with E-state index in [9.17, 15) is 9.90 Å². The minimum absolute atomic E-state index is 0.337. The van der Waals surface area contributed by atoms with Crippen molar-refractivity contribution in [3.8, 4) is 0 Å². The SMILES string of the molecule is CCOC(=S)SN(C)C(Cc1ccccc1)C(=O)O. The van der Waals surface area contributed by atoms with Crippen molar-refractivity contribution in [2.75, 3.05) is 13.7 Å². The molecule has 0 fully saturated rings. The Balaban J connectivity index is 2.67. The van der Waals surface area contributed by atoms with E-state index in [0.29, 0.717) is 17.4 Å². The fourth-order valence-corrected chi connectivity index (χ4v) is 2.70. The number of benzene rings is 1. The van der Waals surface area contributed by atoms with E-state index in [-0.39, 0.29) is 0 Å². The Labute approximate surface area is 122 Å². The summed E-state index contributed by atoms with van der Waals surface area (Å²) < 4.78 is 7.11. The number of aliphatic carboxylic acids is 1. The molecule has 0 aliphatic carbocycles. The van der Waals surface area contributed by atoms with Gasteiger partial charge in [0.1, 0.15) is 6.04 Å². The molecule has 1 unspecified atom stereocenters. The summed E-state index contributed by atoms with van der Waals surface area (Å²) in [4.78, 5) is 11.3. The third-order valence-electron chi connectivity index (χ3n) is 2.48. The van der Waals surface area contributed by atoms with Crippen LogP contribution in [0.25, 0.3) is 0 Å². The van der Waals surface area contributed by atoms with Crippen molar-refractivity contribution in [3.05, 3.63) is 35.9 Å². The summed E-state index contributed by atoms with van der Waals surface area (Å²) in [5, 5.41) is 9.31. The smallest absolute Gasteiger partial charge is 0.322 e. The highest BCUT2D eigenvalue weighted by Crippen LogP contribution is 2.18. The van der Waals surface area contributed by atoms with E-state index in [1.165, 1.54) is 0 Å². The molecule has 104 valence electrons. The first kappa shape index (κ1) is 15.9. The molecule has 0 saturated carbocycles. The lowest BCUT2D eigenvalue weighted by molar-refractivity contribution is -0.140. The first-order valence-electron chi connectivity index (χ1n) is 5.89. The van der Waals surface area contributed by atoms with Gasteiger partial charge < -0.3 is 9.84 Å². The summed E-state index contributed by atoms with van der Waals surface area (Å²) in [6.07, 6.45) is 0.425. The third kappa shape index (κ3) is 5.59. The first-order chi connectivity index (χ1) is 9.04. The molecule has 0 amide bonds. The summed E-state index contributed by atoms with van der Waals surface area (Å²) in [5.41, 5.74) is 0.977. The van der Waals surface area contributed by atoms with Crippen molar-refractivity contribution in [1.82, 2.24) is 4.31 Å². The molecule has 0 spiro atoms. The van der Waals surface area contributed by atoms with Gasteiger partial charge in [-0.15, -0.1) is 0 Å². The van der Waals surface area contributed by atoms with Gasteiger partial charge in [0.2, 0.25) is 4.38 Å². The van der Waals surface area contributed by atoms with Crippen LogP contribution in [0.5, 0.6) is 0 Å². The van der Waals surface area contributed by atoms with Crippen molar-refractivity contribution in [2.45, 2.75) is 19.4 Å². The average molecular weight is 299 g/mol. The van der Waals surface area contributed by atoms with Crippen LogP contribution < -0.4 is 0 Å². The molecule has 0 aromatic heterocycles. The van der Waals surface area contributed by atoms with Gasteiger partial charge in [0.25, 0.3) is 0 Å². The zero-order valence-corrected chi connectivity index (χ0v) is 12.5. The van der Waals surface area contributed by atoms with Gasteiger partial charge in [0.05, 0.1) is 6.61 Å². The first-order valence-corrected chi connectivity index (χ1v) is 7.07. The predicted octanol–water partition coefficient (Wildman–Crippen LogP) is 2.58. The number of hydrogen-bond donors (Lipinski definition) is 1. The van der Waals surface area contributed by atoms with E-state index < -0.39 is 12.0 Å². The second-order valence-electron chi connectivity index (χ2n) is 3.86. The number of rotatable bonds is 6. The number of nitrogens with zero attached hydrogens (tertiary/aromatic N) is 1. The molecule has 0 saturated heterocycles. The maximum Gasteiger partial charge on any atom is 0.322 e. The van der Waals surface area contributed by atoms with Crippen LogP contribution in [0.4, 0.5) is 0 Å². The lowest BCUT2D eigenvalue weighted by Crippen LogP contribution is -2.36. The van der Waals surface area contributed by atoms with E-state index in [2.05, 4.69) is 0 Å². The maximum atomic E-state index is 11.3. The standard InChI is InChI=1S/C13H17NO3S2/c1-3-17-13(18)19-14(2)11(12(15)16)9-10-7-5-4-6-8-10/h4-8,11H,3,9H2,1-2H3,(H,15,16). The van der Waals surface area contributed by atoms with Crippen LogP contribution in [-0.4, -0.2) is 39.5 Å². The molecule has 0 heterocycles. The summed E-state index contributed by atoms with van der Waals surface area (Å²) >= 11 is 6.15. The van der Waals surface area contributed by atoms with Crippen LogP contribution in [0.2, 0.25) is 0 Å². The number of ether oxygens (including phenoxy) is 1. The fourth-order valence-electron chi connectivity index (χ4n) is 1.53. The van der Waals surface area contributed by atoms with Gasteiger partial charge in [-0.3, -0.25) is 4.79 Å². The zero-order chi connectivity index (χ0) is 14.3. The van der Waals surface area contributed by atoms with E-state index >= 15 is 0 Å². The molecule has 1 N–H and O–H groups in total. The van der Waals surface area contributed by atoms with Crippen LogP contribution in [-0.2, 0) is 16.0 Å². The van der Waals surface area contributed by atoms with Gasteiger partial charge in [-0.25, -0.2) is 4.31 Å². The minimum Gasteiger partial charge on any atom is -0.480 e. The molecule has 0 aliphatic heterocycles. The molecule has 1 rings (SSSR count). The molecule has 0 radical (unpaired) electrons. The summed E-state index contributed by atoms with van der Waals surface area (Å²) in [6.45, 7) is 2.32. The molecule has 0 bridgehead atoms. The van der Waals surface area contributed by atoms with Crippen LogP contribution in [0.3, 0.4) is 0 Å². The topological polar surface area (TPSA) is 49.8 Å². The molecular formula is C13H17NO3S2. The molecule has 4 nitrogen and oxygen atoms in total. The zero-order valence-electron chi connectivity index (χ0n) is 10.9. The Morgan fingerprint density at radius 1 is 1.47 bits per heavy atom.